The van der Waals surface area contributed by atoms with Crippen molar-refractivity contribution >= 4 is 0 Å². The Morgan fingerprint density at radius 3 is 2.24 bits per heavy atom. The van der Waals surface area contributed by atoms with E-state index in [2.05, 4.69) is 38.4 Å². The molecule has 1 atom stereocenters. The van der Waals surface area contributed by atoms with Gasteiger partial charge in [-0.25, -0.2) is 0 Å². The van der Waals surface area contributed by atoms with Gasteiger partial charge in [0.1, 0.15) is 5.75 Å². The van der Waals surface area contributed by atoms with Gasteiger partial charge in [0.05, 0.1) is 13.2 Å². The van der Waals surface area contributed by atoms with E-state index in [1.54, 1.807) is 13.2 Å². The van der Waals surface area contributed by atoms with E-state index in [-0.39, 0.29) is 11.5 Å². The Kier molecular flexibility index (Phi) is 4.66. The number of hydrogen-bond acceptors (Lipinski definition) is 3. The molecule has 0 saturated carbocycles. The van der Waals surface area contributed by atoms with Gasteiger partial charge in [-0.3, -0.25) is 0 Å². The summed E-state index contributed by atoms with van der Waals surface area (Å²) in [5.74, 6) is 0.329. The van der Waals surface area contributed by atoms with Gasteiger partial charge in [-0.15, -0.1) is 0 Å². The molecule has 0 aliphatic rings. The fourth-order valence-corrected chi connectivity index (χ4v) is 2.43. The number of phenolic OH excluding ortho intramolecular Hbond substituents is 1. The minimum Gasteiger partial charge on any atom is -0.508 e. The lowest BCUT2D eigenvalue weighted by Crippen LogP contribution is -2.22. The van der Waals surface area contributed by atoms with E-state index in [1.807, 2.05) is 30.3 Å². The number of aromatic hydroxyl groups is 1. The lowest BCUT2D eigenvalue weighted by atomic mass is 9.84. The van der Waals surface area contributed by atoms with Crippen molar-refractivity contribution in [2.45, 2.75) is 32.2 Å². The highest BCUT2D eigenvalue weighted by Gasteiger charge is 2.21. The van der Waals surface area contributed by atoms with Gasteiger partial charge >= 0.3 is 0 Å². The van der Waals surface area contributed by atoms with Crippen LogP contribution >= 0.6 is 0 Å². The van der Waals surface area contributed by atoms with E-state index >= 15 is 0 Å². The smallest absolute Gasteiger partial charge is 0.119 e. The zero-order valence-electron chi connectivity index (χ0n) is 13.1. The van der Waals surface area contributed by atoms with Crippen LogP contribution in [0.1, 0.15) is 43.5 Å². The Labute approximate surface area is 126 Å². The fourth-order valence-electron chi connectivity index (χ4n) is 2.43. The van der Waals surface area contributed by atoms with Crippen LogP contribution in [0.4, 0.5) is 0 Å². The summed E-state index contributed by atoms with van der Waals surface area (Å²) in [7, 11) is 1.61. The Morgan fingerprint density at radius 1 is 1.00 bits per heavy atom. The highest BCUT2D eigenvalue weighted by molar-refractivity contribution is 5.43. The van der Waals surface area contributed by atoms with E-state index in [4.69, 9.17) is 4.84 Å². The van der Waals surface area contributed by atoms with Gasteiger partial charge in [0.15, 0.2) is 0 Å². The lowest BCUT2D eigenvalue weighted by molar-refractivity contribution is 0.0716. The molecule has 1 unspecified atom stereocenters. The molecule has 3 nitrogen and oxygen atoms in total. The summed E-state index contributed by atoms with van der Waals surface area (Å²) >= 11 is 0. The average molecular weight is 285 g/mol. The fraction of sp³-hybridized carbons (Fsp3) is 0.333. The summed E-state index contributed by atoms with van der Waals surface area (Å²) in [6, 6.07) is 15.8. The monoisotopic (exact) mass is 285 g/mol. The molecule has 0 radical (unpaired) electrons. The van der Waals surface area contributed by atoms with Crippen molar-refractivity contribution in [2.75, 3.05) is 7.11 Å². The molecule has 21 heavy (non-hydrogen) atoms. The molecule has 0 spiro atoms. The largest absolute Gasteiger partial charge is 0.508 e. The lowest BCUT2D eigenvalue weighted by Gasteiger charge is -2.24. The highest BCUT2D eigenvalue weighted by atomic mass is 16.6. The summed E-state index contributed by atoms with van der Waals surface area (Å²) in [6.07, 6.45) is 0. The Hall–Kier alpha value is -1.84. The van der Waals surface area contributed by atoms with Crippen molar-refractivity contribution in [1.29, 1.82) is 0 Å². The molecule has 2 N–H and O–H groups in total. The van der Waals surface area contributed by atoms with Crippen LogP contribution < -0.4 is 5.48 Å². The van der Waals surface area contributed by atoms with Crippen LogP contribution in [0, 0.1) is 0 Å². The highest BCUT2D eigenvalue weighted by Crippen LogP contribution is 2.34. The Balaban J connectivity index is 2.47. The second kappa shape index (κ2) is 6.29. The molecule has 2 aromatic carbocycles. The molecule has 0 heterocycles. The van der Waals surface area contributed by atoms with Crippen LogP contribution in [-0.4, -0.2) is 12.2 Å². The van der Waals surface area contributed by atoms with Gasteiger partial charge in [-0.05, 0) is 34.2 Å². The zero-order valence-corrected chi connectivity index (χ0v) is 13.1. The number of benzene rings is 2. The first kappa shape index (κ1) is 15.5. The molecule has 0 aliphatic carbocycles. The number of rotatable bonds is 4. The maximum absolute atomic E-state index is 10.1. The van der Waals surface area contributed by atoms with Gasteiger partial charge in [-0.2, -0.15) is 5.48 Å². The van der Waals surface area contributed by atoms with E-state index in [0.717, 1.165) is 16.7 Å². The van der Waals surface area contributed by atoms with Gasteiger partial charge in [-0.1, -0.05) is 57.2 Å². The first-order valence-corrected chi connectivity index (χ1v) is 7.10. The van der Waals surface area contributed by atoms with Crippen molar-refractivity contribution < 1.29 is 9.94 Å². The van der Waals surface area contributed by atoms with Gasteiger partial charge in [0.25, 0.3) is 0 Å². The first-order valence-electron chi connectivity index (χ1n) is 7.10. The molecular formula is C18H23NO2. The summed E-state index contributed by atoms with van der Waals surface area (Å²) in [6.45, 7) is 6.27. The van der Waals surface area contributed by atoms with Crippen molar-refractivity contribution in [3.63, 3.8) is 0 Å². The molecule has 0 fully saturated rings. The summed E-state index contributed by atoms with van der Waals surface area (Å²) in [5, 5.41) is 10.1. The number of hydroxylamine groups is 1. The average Bonchev–Trinajstić information content (AvgIpc) is 2.45. The molecule has 0 saturated heterocycles. The molecule has 2 rings (SSSR count). The van der Waals surface area contributed by atoms with Gasteiger partial charge in [0.2, 0.25) is 0 Å². The van der Waals surface area contributed by atoms with E-state index in [9.17, 15) is 5.11 Å². The second-order valence-corrected chi connectivity index (χ2v) is 6.19. The second-order valence-electron chi connectivity index (χ2n) is 6.19. The third-order valence-corrected chi connectivity index (χ3v) is 3.53. The van der Waals surface area contributed by atoms with Crippen LogP contribution in [0.5, 0.6) is 5.75 Å². The predicted octanol–water partition coefficient (Wildman–Crippen LogP) is 3.93. The quantitative estimate of drug-likeness (QED) is 0.836. The van der Waals surface area contributed by atoms with E-state index in [0.29, 0.717) is 5.75 Å². The van der Waals surface area contributed by atoms with Crippen molar-refractivity contribution in [2.24, 2.45) is 0 Å². The SMILES string of the molecule is CONC(c1ccccc1)c1ccc(O)c(C(C)(C)C)c1. The standard InChI is InChI=1S/C18H23NO2/c1-18(2,3)15-12-14(10-11-16(15)20)17(19-21-4)13-8-6-5-7-9-13/h5-12,17,19-20H,1-4H3. The maximum Gasteiger partial charge on any atom is 0.119 e. The first-order chi connectivity index (χ1) is 9.93. The van der Waals surface area contributed by atoms with Gasteiger partial charge < -0.3 is 9.94 Å². The minimum absolute atomic E-state index is 0.0714. The Morgan fingerprint density at radius 2 is 1.67 bits per heavy atom. The molecule has 0 bridgehead atoms. The maximum atomic E-state index is 10.1. The molecule has 112 valence electrons. The molecular weight excluding hydrogens is 262 g/mol. The molecule has 2 aromatic rings. The van der Waals surface area contributed by atoms with Crippen molar-refractivity contribution in [3.05, 3.63) is 65.2 Å². The summed E-state index contributed by atoms with van der Waals surface area (Å²) in [5.41, 5.74) is 6.02. The minimum atomic E-state index is -0.117. The molecule has 0 aromatic heterocycles. The van der Waals surface area contributed by atoms with Crippen LogP contribution in [0.2, 0.25) is 0 Å². The van der Waals surface area contributed by atoms with Crippen LogP contribution in [-0.2, 0) is 10.3 Å². The van der Waals surface area contributed by atoms with Crippen LogP contribution in [0.25, 0.3) is 0 Å². The third kappa shape index (κ3) is 3.63. The van der Waals surface area contributed by atoms with E-state index < -0.39 is 0 Å². The van der Waals surface area contributed by atoms with Crippen molar-refractivity contribution in [3.8, 4) is 5.75 Å². The summed E-state index contributed by atoms with van der Waals surface area (Å²) < 4.78 is 0. The van der Waals surface area contributed by atoms with E-state index in [1.165, 1.54) is 0 Å². The number of hydrogen-bond donors (Lipinski definition) is 2. The zero-order chi connectivity index (χ0) is 15.5. The number of phenols is 1. The molecule has 0 aliphatic heterocycles. The van der Waals surface area contributed by atoms with Crippen LogP contribution in [0.3, 0.4) is 0 Å². The van der Waals surface area contributed by atoms with Gasteiger partial charge in [0, 0.05) is 0 Å². The molecule has 0 amide bonds. The Bertz CT molecular complexity index is 588. The summed E-state index contributed by atoms with van der Waals surface area (Å²) in [4.78, 5) is 5.16. The molecule has 3 heteroatoms. The topological polar surface area (TPSA) is 41.5 Å². The predicted molar refractivity (Wildman–Crippen MR) is 85.2 cm³/mol. The van der Waals surface area contributed by atoms with Crippen molar-refractivity contribution in [1.82, 2.24) is 5.48 Å². The normalized spacial score (nSPS) is 13.1. The van der Waals surface area contributed by atoms with Crippen LogP contribution in [0.15, 0.2) is 48.5 Å². The number of nitrogens with one attached hydrogen (secondary N) is 1. The third-order valence-electron chi connectivity index (χ3n) is 3.53.